The fourth-order valence-corrected chi connectivity index (χ4v) is 3.97. The number of nitrogens with zero attached hydrogens (tertiary/aromatic N) is 3. The van der Waals surface area contributed by atoms with Gasteiger partial charge >= 0.3 is 5.69 Å². The Labute approximate surface area is 179 Å². The van der Waals surface area contributed by atoms with Crippen molar-refractivity contribution in [2.45, 2.75) is 45.1 Å². The number of aromatic nitrogens is 1. The minimum absolute atomic E-state index is 0.0233. The van der Waals surface area contributed by atoms with Gasteiger partial charge in [-0.15, -0.1) is 0 Å². The standard InChI is InChI=1S/C23H22N4O4/c24-13-17-22(16-7-3-1-2-4-8-18(16)26-23(17)25)21-12-11-15(31-21)14-30-20-10-6-5-9-19(20)27(28)29/h5-6,9-12H,1-4,7-8,14H2,(H2,25,26). The first kappa shape index (κ1) is 20.4. The normalized spacial score (nSPS) is 13.5. The summed E-state index contributed by atoms with van der Waals surface area (Å²) in [5.41, 5.74) is 8.97. The number of pyridine rings is 1. The Balaban J connectivity index is 1.66. The van der Waals surface area contributed by atoms with Crippen molar-refractivity contribution in [2.24, 2.45) is 0 Å². The molecule has 1 aliphatic carbocycles. The molecule has 1 aliphatic rings. The van der Waals surface area contributed by atoms with Gasteiger partial charge in [-0.1, -0.05) is 25.0 Å². The average molecular weight is 418 g/mol. The second kappa shape index (κ2) is 8.88. The van der Waals surface area contributed by atoms with E-state index in [1.54, 1.807) is 30.3 Å². The summed E-state index contributed by atoms with van der Waals surface area (Å²) in [5.74, 6) is 1.41. The molecular weight excluding hydrogens is 396 g/mol. The molecule has 3 aromatic rings. The van der Waals surface area contributed by atoms with E-state index >= 15 is 0 Å². The van der Waals surface area contributed by atoms with Crippen molar-refractivity contribution in [3.63, 3.8) is 0 Å². The van der Waals surface area contributed by atoms with Crippen LogP contribution in [0.1, 0.15) is 48.3 Å². The van der Waals surface area contributed by atoms with Gasteiger partial charge in [-0.05, 0) is 49.4 Å². The summed E-state index contributed by atoms with van der Waals surface area (Å²) < 4.78 is 11.6. The molecule has 0 saturated heterocycles. The van der Waals surface area contributed by atoms with Crippen LogP contribution in [0, 0.1) is 21.4 Å². The number of aryl methyl sites for hydroxylation is 1. The molecule has 0 radical (unpaired) electrons. The highest BCUT2D eigenvalue weighted by Gasteiger charge is 2.23. The van der Waals surface area contributed by atoms with E-state index < -0.39 is 4.92 Å². The molecule has 8 nitrogen and oxygen atoms in total. The highest BCUT2D eigenvalue weighted by Crippen LogP contribution is 2.36. The molecule has 158 valence electrons. The summed E-state index contributed by atoms with van der Waals surface area (Å²) in [4.78, 5) is 15.2. The molecule has 0 aliphatic heterocycles. The van der Waals surface area contributed by atoms with Crippen LogP contribution in [0.2, 0.25) is 0 Å². The SMILES string of the molecule is N#Cc1c(N)nc2c(c1-c1ccc(COc3ccccc3[N+](=O)[O-])o1)CCCCCC2. The highest BCUT2D eigenvalue weighted by atomic mass is 16.6. The predicted octanol–water partition coefficient (Wildman–Crippen LogP) is 4.94. The fraction of sp³-hybridized carbons (Fsp3) is 0.304. The third-order valence-electron chi connectivity index (χ3n) is 5.45. The Morgan fingerprint density at radius 3 is 2.71 bits per heavy atom. The van der Waals surface area contributed by atoms with Crippen LogP contribution in [0.25, 0.3) is 11.3 Å². The highest BCUT2D eigenvalue weighted by molar-refractivity contribution is 5.76. The van der Waals surface area contributed by atoms with Crippen molar-refractivity contribution in [3.8, 4) is 23.1 Å². The molecule has 8 heteroatoms. The molecule has 0 atom stereocenters. The first-order chi connectivity index (χ1) is 15.1. The molecule has 0 unspecified atom stereocenters. The minimum atomic E-state index is -0.486. The molecule has 0 spiro atoms. The predicted molar refractivity (Wildman–Crippen MR) is 114 cm³/mol. The van der Waals surface area contributed by atoms with Gasteiger partial charge in [0.15, 0.2) is 5.75 Å². The largest absolute Gasteiger partial charge is 0.479 e. The van der Waals surface area contributed by atoms with Gasteiger partial charge in [0.2, 0.25) is 0 Å². The average Bonchev–Trinajstić information content (AvgIpc) is 3.21. The second-order valence-corrected chi connectivity index (χ2v) is 7.48. The van der Waals surface area contributed by atoms with E-state index in [1.807, 2.05) is 0 Å². The van der Waals surface area contributed by atoms with E-state index in [1.165, 1.54) is 6.07 Å². The van der Waals surface area contributed by atoms with Gasteiger partial charge in [-0.2, -0.15) is 5.26 Å². The third kappa shape index (κ3) is 4.21. The van der Waals surface area contributed by atoms with E-state index in [9.17, 15) is 15.4 Å². The van der Waals surface area contributed by atoms with Crippen molar-refractivity contribution in [2.75, 3.05) is 5.73 Å². The number of nitro benzene ring substituents is 1. The van der Waals surface area contributed by atoms with E-state index in [0.29, 0.717) is 22.6 Å². The molecule has 1 aromatic carbocycles. The lowest BCUT2D eigenvalue weighted by Crippen LogP contribution is -2.09. The van der Waals surface area contributed by atoms with Crippen LogP contribution in [0.15, 0.2) is 40.8 Å². The van der Waals surface area contributed by atoms with E-state index in [4.69, 9.17) is 14.9 Å². The van der Waals surface area contributed by atoms with Crippen molar-refractivity contribution in [1.82, 2.24) is 4.98 Å². The number of nitriles is 1. The first-order valence-corrected chi connectivity index (χ1v) is 10.2. The van der Waals surface area contributed by atoms with Crippen LogP contribution in [-0.4, -0.2) is 9.91 Å². The van der Waals surface area contributed by atoms with Gasteiger partial charge in [0, 0.05) is 17.3 Å². The summed E-state index contributed by atoms with van der Waals surface area (Å²) in [7, 11) is 0. The lowest BCUT2D eigenvalue weighted by molar-refractivity contribution is -0.386. The zero-order valence-electron chi connectivity index (χ0n) is 17.0. The summed E-state index contributed by atoms with van der Waals surface area (Å²) in [6.45, 7) is 0.0233. The van der Waals surface area contributed by atoms with Gasteiger partial charge in [0.05, 0.1) is 4.92 Å². The Morgan fingerprint density at radius 1 is 1.16 bits per heavy atom. The number of nitrogens with two attached hydrogens (primary N) is 1. The topological polar surface area (TPSA) is 128 Å². The molecule has 0 amide bonds. The smallest absolute Gasteiger partial charge is 0.310 e. The van der Waals surface area contributed by atoms with Gasteiger partial charge in [0.1, 0.15) is 35.6 Å². The summed E-state index contributed by atoms with van der Waals surface area (Å²) in [6.07, 6.45) is 5.99. The van der Waals surface area contributed by atoms with Gasteiger partial charge in [-0.3, -0.25) is 10.1 Å². The van der Waals surface area contributed by atoms with Crippen LogP contribution in [0.4, 0.5) is 11.5 Å². The third-order valence-corrected chi connectivity index (χ3v) is 5.45. The molecule has 0 bridgehead atoms. The van der Waals surface area contributed by atoms with Crippen LogP contribution >= 0.6 is 0 Å². The van der Waals surface area contributed by atoms with E-state index in [2.05, 4.69) is 11.1 Å². The quantitative estimate of drug-likeness (QED) is 0.459. The number of benzene rings is 1. The number of rotatable bonds is 5. The molecule has 31 heavy (non-hydrogen) atoms. The lowest BCUT2D eigenvalue weighted by Gasteiger charge is -2.18. The Hall–Kier alpha value is -3.86. The summed E-state index contributed by atoms with van der Waals surface area (Å²) in [5, 5.41) is 20.9. The zero-order valence-corrected chi connectivity index (χ0v) is 17.0. The van der Waals surface area contributed by atoms with Crippen LogP contribution in [0.3, 0.4) is 0 Å². The van der Waals surface area contributed by atoms with Gasteiger partial charge in [0.25, 0.3) is 0 Å². The number of nitro groups is 1. The van der Waals surface area contributed by atoms with E-state index in [0.717, 1.165) is 49.8 Å². The minimum Gasteiger partial charge on any atom is -0.479 e. The van der Waals surface area contributed by atoms with Crippen molar-refractivity contribution >= 4 is 11.5 Å². The Bertz CT molecular complexity index is 1160. The number of hydrogen-bond acceptors (Lipinski definition) is 7. The molecule has 4 rings (SSSR count). The monoisotopic (exact) mass is 418 g/mol. The summed E-state index contributed by atoms with van der Waals surface area (Å²) in [6, 6.07) is 11.9. The Morgan fingerprint density at radius 2 is 1.94 bits per heavy atom. The maximum Gasteiger partial charge on any atom is 0.310 e. The van der Waals surface area contributed by atoms with Crippen LogP contribution in [0.5, 0.6) is 5.75 Å². The molecule has 2 N–H and O–H groups in total. The Kier molecular flexibility index (Phi) is 5.85. The number of anilines is 1. The molecule has 2 heterocycles. The number of para-hydroxylation sites is 2. The van der Waals surface area contributed by atoms with Crippen LogP contribution in [-0.2, 0) is 19.4 Å². The number of fused-ring (bicyclic) bond motifs is 1. The van der Waals surface area contributed by atoms with E-state index in [-0.39, 0.29) is 23.9 Å². The lowest BCUT2D eigenvalue weighted by atomic mass is 9.90. The molecule has 0 saturated carbocycles. The first-order valence-electron chi connectivity index (χ1n) is 10.2. The van der Waals surface area contributed by atoms with Gasteiger partial charge in [-0.25, -0.2) is 4.98 Å². The molecule has 2 aromatic heterocycles. The second-order valence-electron chi connectivity index (χ2n) is 7.48. The van der Waals surface area contributed by atoms with Crippen LogP contribution < -0.4 is 10.5 Å². The number of hydrogen-bond donors (Lipinski definition) is 1. The number of ether oxygens (including phenoxy) is 1. The van der Waals surface area contributed by atoms with Crippen molar-refractivity contribution < 1.29 is 14.1 Å². The molecular formula is C23H22N4O4. The number of nitrogen functional groups attached to an aromatic ring is 1. The zero-order chi connectivity index (χ0) is 21.8. The van der Waals surface area contributed by atoms with Gasteiger partial charge < -0.3 is 14.9 Å². The summed E-state index contributed by atoms with van der Waals surface area (Å²) >= 11 is 0. The maximum absolute atomic E-state index is 11.2. The van der Waals surface area contributed by atoms with Crippen molar-refractivity contribution in [3.05, 3.63) is 69.1 Å². The molecule has 0 fully saturated rings. The van der Waals surface area contributed by atoms with Crippen molar-refractivity contribution in [1.29, 1.82) is 5.26 Å². The fourth-order valence-electron chi connectivity index (χ4n) is 3.97. The number of furan rings is 1. The maximum atomic E-state index is 11.2.